The second-order valence-corrected chi connectivity index (χ2v) is 8.44. The number of halogens is 1. The average molecular weight is 461 g/mol. The van der Waals surface area contributed by atoms with Gasteiger partial charge in [0.25, 0.3) is 15.9 Å². The zero-order valence-electron chi connectivity index (χ0n) is 16.1. The number of esters is 1. The zero-order valence-corrected chi connectivity index (χ0v) is 17.7. The lowest BCUT2D eigenvalue weighted by Crippen LogP contribution is -2.15. The standard InChI is InChI=1S/C21H17ClN2O6S/c1-30-21(27)14-7-5-13(6-8-14)20(26)23-18-12-17(9-10-19(18)25)31(28,29)24-16-4-2-3-15(22)11-16/h2-12,24-25H,1H3,(H,23,26). The summed E-state index contributed by atoms with van der Waals surface area (Å²) in [4.78, 5) is 23.8. The molecule has 0 aliphatic heterocycles. The van der Waals surface area contributed by atoms with Crippen LogP contribution in [-0.4, -0.2) is 32.5 Å². The maximum atomic E-state index is 12.7. The summed E-state index contributed by atoms with van der Waals surface area (Å²) in [6.07, 6.45) is 0. The van der Waals surface area contributed by atoms with E-state index < -0.39 is 21.9 Å². The van der Waals surface area contributed by atoms with Crippen molar-refractivity contribution in [3.63, 3.8) is 0 Å². The minimum atomic E-state index is -4.01. The molecule has 3 N–H and O–H groups in total. The zero-order chi connectivity index (χ0) is 22.6. The molecule has 3 rings (SSSR count). The molecule has 0 aliphatic carbocycles. The highest BCUT2D eigenvalue weighted by molar-refractivity contribution is 7.92. The van der Waals surface area contributed by atoms with Crippen LogP contribution in [0.4, 0.5) is 11.4 Å². The molecule has 3 aromatic carbocycles. The van der Waals surface area contributed by atoms with Crippen molar-refractivity contribution < 1.29 is 27.9 Å². The number of aromatic hydroxyl groups is 1. The fourth-order valence-corrected chi connectivity index (χ4v) is 3.88. The number of hydrogen-bond donors (Lipinski definition) is 3. The third kappa shape index (κ3) is 5.33. The van der Waals surface area contributed by atoms with Gasteiger partial charge in [-0.25, -0.2) is 13.2 Å². The van der Waals surface area contributed by atoms with Gasteiger partial charge in [0.15, 0.2) is 0 Å². The fourth-order valence-electron chi connectivity index (χ4n) is 2.62. The number of phenols is 1. The van der Waals surface area contributed by atoms with Crippen LogP contribution in [-0.2, 0) is 14.8 Å². The first kappa shape index (κ1) is 22.1. The van der Waals surface area contributed by atoms with E-state index in [0.717, 1.165) is 12.1 Å². The Morgan fingerprint density at radius 1 is 0.968 bits per heavy atom. The second-order valence-electron chi connectivity index (χ2n) is 6.32. The van der Waals surface area contributed by atoms with Gasteiger partial charge in [0, 0.05) is 10.6 Å². The number of methoxy groups -OCH3 is 1. The van der Waals surface area contributed by atoms with Gasteiger partial charge < -0.3 is 15.2 Å². The highest BCUT2D eigenvalue weighted by Crippen LogP contribution is 2.28. The molecule has 0 aromatic heterocycles. The monoisotopic (exact) mass is 460 g/mol. The van der Waals surface area contributed by atoms with Gasteiger partial charge in [-0.2, -0.15) is 0 Å². The van der Waals surface area contributed by atoms with E-state index in [1.807, 2.05) is 0 Å². The molecular weight excluding hydrogens is 444 g/mol. The van der Waals surface area contributed by atoms with Gasteiger partial charge in [0.1, 0.15) is 5.75 Å². The van der Waals surface area contributed by atoms with Gasteiger partial charge in [0.05, 0.1) is 28.9 Å². The van der Waals surface area contributed by atoms with Crippen LogP contribution in [0.3, 0.4) is 0 Å². The number of nitrogens with one attached hydrogen (secondary N) is 2. The summed E-state index contributed by atoms with van der Waals surface area (Å²) in [5, 5.41) is 12.9. The molecule has 0 saturated heterocycles. The van der Waals surface area contributed by atoms with Gasteiger partial charge >= 0.3 is 5.97 Å². The molecule has 0 bridgehead atoms. The van der Waals surface area contributed by atoms with Crippen LogP contribution >= 0.6 is 11.6 Å². The SMILES string of the molecule is COC(=O)c1ccc(C(=O)Nc2cc(S(=O)(=O)Nc3cccc(Cl)c3)ccc2O)cc1. The third-order valence-electron chi connectivity index (χ3n) is 4.17. The number of phenolic OH excluding ortho intramolecular Hbond substituents is 1. The van der Waals surface area contributed by atoms with E-state index in [2.05, 4.69) is 14.8 Å². The number of amides is 1. The number of hydrogen-bond acceptors (Lipinski definition) is 6. The predicted molar refractivity (Wildman–Crippen MR) is 116 cm³/mol. The first-order valence-corrected chi connectivity index (χ1v) is 10.7. The first-order valence-electron chi connectivity index (χ1n) is 8.81. The van der Waals surface area contributed by atoms with Crippen molar-refractivity contribution in [1.29, 1.82) is 0 Å². The number of anilines is 2. The lowest BCUT2D eigenvalue weighted by Gasteiger charge is -2.12. The maximum Gasteiger partial charge on any atom is 0.337 e. The van der Waals surface area contributed by atoms with E-state index in [0.29, 0.717) is 5.02 Å². The number of benzene rings is 3. The van der Waals surface area contributed by atoms with Gasteiger partial charge in [-0.05, 0) is 60.7 Å². The van der Waals surface area contributed by atoms with E-state index in [1.54, 1.807) is 12.1 Å². The molecule has 0 saturated carbocycles. The Morgan fingerprint density at radius 3 is 2.29 bits per heavy atom. The topological polar surface area (TPSA) is 122 Å². The molecule has 0 fully saturated rings. The lowest BCUT2D eigenvalue weighted by atomic mass is 10.1. The Balaban J connectivity index is 1.82. The van der Waals surface area contributed by atoms with Crippen molar-refractivity contribution in [3.05, 3.63) is 82.9 Å². The van der Waals surface area contributed by atoms with E-state index in [4.69, 9.17) is 11.6 Å². The van der Waals surface area contributed by atoms with E-state index in [-0.39, 0.29) is 33.1 Å². The van der Waals surface area contributed by atoms with E-state index in [1.165, 1.54) is 49.6 Å². The number of sulfonamides is 1. The van der Waals surface area contributed by atoms with Crippen molar-refractivity contribution in [2.24, 2.45) is 0 Å². The predicted octanol–water partition coefficient (Wildman–Crippen LogP) is 3.89. The molecule has 0 radical (unpaired) electrons. The molecule has 3 aromatic rings. The smallest absolute Gasteiger partial charge is 0.337 e. The maximum absolute atomic E-state index is 12.7. The van der Waals surface area contributed by atoms with Crippen molar-refractivity contribution in [3.8, 4) is 5.75 Å². The van der Waals surface area contributed by atoms with Crippen LogP contribution in [0.1, 0.15) is 20.7 Å². The molecule has 0 atom stereocenters. The fraction of sp³-hybridized carbons (Fsp3) is 0.0476. The van der Waals surface area contributed by atoms with Gasteiger partial charge in [-0.15, -0.1) is 0 Å². The van der Waals surface area contributed by atoms with Gasteiger partial charge in [-0.1, -0.05) is 17.7 Å². The molecule has 8 nitrogen and oxygen atoms in total. The highest BCUT2D eigenvalue weighted by Gasteiger charge is 2.18. The minimum absolute atomic E-state index is 0.101. The summed E-state index contributed by atoms with van der Waals surface area (Å²) >= 11 is 5.88. The minimum Gasteiger partial charge on any atom is -0.506 e. The molecule has 0 heterocycles. The van der Waals surface area contributed by atoms with Crippen LogP contribution in [0.15, 0.2) is 71.6 Å². The Bertz CT molecular complexity index is 1240. The largest absolute Gasteiger partial charge is 0.506 e. The summed E-state index contributed by atoms with van der Waals surface area (Å²) in [5.74, 6) is -1.47. The summed E-state index contributed by atoms with van der Waals surface area (Å²) in [7, 11) is -2.77. The summed E-state index contributed by atoms with van der Waals surface area (Å²) in [6.45, 7) is 0. The van der Waals surface area contributed by atoms with E-state index in [9.17, 15) is 23.1 Å². The van der Waals surface area contributed by atoms with Gasteiger partial charge in [0.2, 0.25) is 0 Å². The van der Waals surface area contributed by atoms with Crippen LogP contribution in [0.2, 0.25) is 5.02 Å². The van der Waals surface area contributed by atoms with Crippen molar-refractivity contribution in [2.45, 2.75) is 4.90 Å². The first-order chi connectivity index (χ1) is 14.7. The summed E-state index contributed by atoms with van der Waals surface area (Å²) < 4.78 is 32.3. The molecule has 0 spiro atoms. The Hall–Kier alpha value is -3.56. The summed E-state index contributed by atoms with van der Waals surface area (Å²) in [5.41, 5.74) is 0.618. The highest BCUT2D eigenvalue weighted by atomic mass is 35.5. The average Bonchev–Trinajstić information content (AvgIpc) is 2.74. The molecule has 1 amide bonds. The molecule has 0 aliphatic rings. The Labute approximate surface area is 183 Å². The Morgan fingerprint density at radius 2 is 1.65 bits per heavy atom. The second kappa shape index (κ2) is 9.07. The number of ether oxygens (including phenoxy) is 1. The van der Waals surface area contributed by atoms with Crippen LogP contribution in [0.5, 0.6) is 5.75 Å². The summed E-state index contributed by atoms with van der Waals surface area (Å²) in [6, 6.07) is 15.3. The van der Waals surface area contributed by atoms with Crippen LogP contribution in [0.25, 0.3) is 0 Å². The third-order valence-corrected chi connectivity index (χ3v) is 5.79. The van der Waals surface area contributed by atoms with Gasteiger partial charge in [-0.3, -0.25) is 9.52 Å². The number of carbonyl (C=O) groups is 2. The Kier molecular flexibility index (Phi) is 6.47. The quantitative estimate of drug-likeness (QED) is 0.379. The van der Waals surface area contributed by atoms with Crippen LogP contribution in [0, 0.1) is 0 Å². The molecule has 160 valence electrons. The van der Waals surface area contributed by atoms with Crippen LogP contribution < -0.4 is 10.0 Å². The number of carbonyl (C=O) groups excluding carboxylic acids is 2. The van der Waals surface area contributed by atoms with Crippen molar-refractivity contribution in [1.82, 2.24) is 0 Å². The molecule has 31 heavy (non-hydrogen) atoms. The molecule has 10 heteroatoms. The molecular formula is C21H17ClN2O6S. The van der Waals surface area contributed by atoms with E-state index >= 15 is 0 Å². The normalized spacial score (nSPS) is 10.9. The number of rotatable bonds is 6. The van der Waals surface area contributed by atoms with Crippen molar-refractivity contribution in [2.75, 3.05) is 17.1 Å². The lowest BCUT2D eigenvalue weighted by molar-refractivity contribution is 0.0600. The van der Waals surface area contributed by atoms with Crippen molar-refractivity contribution >= 4 is 44.9 Å². The molecule has 0 unspecified atom stereocenters.